The van der Waals surface area contributed by atoms with Gasteiger partial charge in [0.1, 0.15) is 5.75 Å². The topological polar surface area (TPSA) is 68.4 Å². The van der Waals surface area contributed by atoms with Crippen LogP contribution >= 0.6 is 0 Å². The molecule has 128 valence electrons. The van der Waals surface area contributed by atoms with Crippen LogP contribution in [0.25, 0.3) is 22.0 Å². The van der Waals surface area contributed by atoms with Crippen molar-refractivity contribution < 1.29 is 14.3 Å². The Balaban J connectivity index is 2.38. The van der Waals surface area contributed by atoms with Crippen LogP contribution in [0.2, 0.25) is 0 Å². The molecule has 0 aliphatic carbocycles. The Morgan fingerprint density at radius 3 is 2.44 bits per heavy atom. The summed E-state index contributed by atoms with van der Waals surface area (Å²) in [6.07, 6.45) is -0.295. The van der Waals surface area contributed by atoms with Gasteiger partial charge in [0, 0.05) is 10.9 Å². The lowest BCUT2D eigenvalue weighted by molar-refractivity contribution is 0.0381. The van der Waals surface area contributed by atoms with Crippen LogP contribution < -0.4 is 10.3 Å². The van der Waals surface area contributed by atoms with Crippen LogP contribution in [-0.2, 0) is 4.74 Å². The van der Waals surface area contributed by atoms with E-state index >= 15 is 0 Å². The van der Waals surface area contributed by atoms with E-state index in [0.717, 1.165) is 0 Å². The molecule has 0 unspecified atom stereocenters. The van der Waals surface area contributed by atoms with Crippen molar-refractivity contribution in [1.82, 2.24) is 4.98 Å². The van der Waals surface area contributed by atoms with Gasteiger partial charge in [-0.25, -0.2) is 4.79 Å². The molecular weight excluding hydrogens is 318 g/mol. The summed E-state index contributed by atoms with van der Waals surface area (Å²) in [6.45, 7) is 3.55. The highest BCUT2D eigenvalue weighted by Crippen LogP contribution is 2.29. The largest absolute Gasteiger partial charge is 0.497 e. The minimum absolute atomic E-state index is 0.248. The van der Waals surface area contributed by atoms with Gasteiger partial charge in [0.15, 0.2) is 0 Å². The first kappa shape index (κ1) is 16.8. The van der Waals surface area contributed by atoms with Gasteiger partial charge in [0.25, 0.3) is 5.56 Å². The zero-order chi connectivity index (χ0) is 18.0. The van der Waals surface area contributed by atoms with E-state index < -0.39 is 5.97 Å². The summed E-state index contributed by atoms with van der Waals surface area (Å²) in [5.74, 6) is 0.0652. The third kappa shape index (κ3) is 3.26. The second-order valence-corrected chi connectivity index (χ2v) is 5.94. The second kappa shape index (κ2) is 6.81. The third-order valence-electron chi connectivity index (χ3n) is 3.83. The van der Waals surface area contributed by atoms with E-state index in [4.69, 9.17) is 9.47 Å². The Bertz CT molecular complexity index is 974. The fourth-order valence-corrected chi connectivity index (χ4v) is 2.76. The molecule has 0 aliphatic rings. The second-order valence-electron chi connectivity index (χ2n) is 5.94. The lowest BCUT2D eigenvalue weighted by Crippen LogP contribution is -2.19. The minimum atomic E-state index is -0.529. The molecule has 0 saturated heterocycles. The van der Waals surface area contributed by atoms with E-state index in [1.807, 2.05) is 18.2 Å². The maximum atomic E-state index is 12.8. The smallest absolute Gasteiger partial charge is 0.339 e. The highest BCUT2D eigenvalue weighted by molar-refractivity contribution is 6.09. The summed E-state index contributed by atoms with van der Waals surface area (Å²) in [5.41, 5.74) is 1.43. The molecule has 0 spiro atoms. The molecule has 0 radical (unpaired) electrons. The fraction of sp³-hybridized carbons (Fsp3) is 0.200. The Morgan fingerprint density at radius 2 is 1.80 bits per heavy atom. The predicted molar refractivity (Wildman–Crippen MR) is 97.1 cm³/mol. The highest BCUT2D eigenvalue weighted by Gasteiger charge is 2.22. The number of methoxy groups -OCH3 is 1. The Morgan fingerprint density at radius 1 is 1.08 bits per heavy atom. The number of nitrogens with one attached hydrogen (secondary N) is 1. The monoisotopic (exact) mass is 337 g/mol. The number of aromatic nitrogens is 1. The van der Waals surface area contributed by atoms with E-state index in [-0.39, 0.29) is 17.2 Å². The minimum Gasteiger partial charge on any atom is -0.497 e. The molecule has 1 N–H and O–H groups in total. The number of carbonyl (C=O) groups is 1. The molecule has 2 aromatic carbocycles. The van der Waals surface area contributed by atoms with E-state index in [2.05, 4.69) is 4.98 Å². The van der Waals surface area contributed by atoms with Gasteiger partial charge in [0.05, 0.1) is 24.3 Å². The third-order valence-corrected chi connectivity index (χ3v) is 3.83. The van der Waals surface area contributed by atoms with E-state index in [9.17, 15) is 9.59 Å². The van der Waals surface area contributed by atoms with Crippen molar-refractivity contribution in [3.63, 3.8) is 0 Å². The standard InChI is InChI=1S/C20H19NO4/c1-12(2)25-20(23)18-15-11-14(24-3)9-10-16(15)21-19(22)17(18)13-7-5-4-6-8-13/h4-12H,1-3H3,(H,21,22). The lowest BCUT2D eigenvalue weighted by Gasteiger charge is -2.14. The van der Waals surface area contributed by atoms with Crippen LogP contribution in [0, 0.1) is 0 Å². The van der Waals surface area contributed by atoms with Crippen LogP contribution in [0.1, 0.15) is 24.2 Å². The number of pyridine rings is 1. The quantitative estimate of drug-likeness (QED) is 0.736. The number of ether oxygens (including phenoxy) is 2. The summed E-state index contributed by atoms with van der Waals surface area (Å²) in [7, 11) is 1.55. The maximum absolute atomic E-state index is 12.8. The van der Waals surface area contributed by atoms with E-state index in [0.29, 0.717) is 27.8 Å². The zero-order valence-corrected chi connectivity index (χ0v) is 14.3. The molecule has 1 heterocycles. The number of rotatable bonds is 4. The average molecular weight is 337 g/mol. The van der Waals surface area contributed by atoms with E-state index in [1.54, 1.807) is 51.3 Å². The van der Waals surface area contributed by atoms with Crippen molar-refractivity contribution in [2.75, 3.05) is 7.11 Å². The SMILES string of the molecule is COc1ccc2[nH]c(=O)c(-c3ccccc3)c(C(=O)OC(C)C)c2c1. The van der Waals surface area contributed by atoms with Crippen molar-refractivity contribution in [3.05, 3.63) is 64.4 Å². The van der Waals surface area contributed by atoms with Gasteiger partial charge in [-0.2, -0.15) is 0 Å². The van der Waals surface area contributed by atoms with Crippen LogP contribution in [0.5, 0.6) is 5.75 Å². The molecule has 0 fully saturated rings. The predicted octanol–water partition coefficient (Wildman–Crippen LogP) is 3.77. The number of hydrogen-bond acceptors (Lipinski definition) is 4. The molecule has 0 aliphatic heterocycles. The number of fused-ring (bicyclic) bond motifs is 1. The molecule has 1 aromatic heterocycles. The van der Waals surface area contributed by atoms with Gasteiger partial charge >= 0.3 is 5.97 Å². The molecule has 0 amide bonds. The molecule has 25 heavy (non-hydrogen) atoms. The number of esters is 1. The summed E-state index contributed by atoms with van der Waals surface area (Å²) in [5, 5.41) is 0.587. The van der Waals surface area contributed by atoms with Gasteiger partial charge in [-0.05, 0) is 37.6 Å². The van der Waals surface area contributed by atoms with Crippen LogP contribution in [0.15, 0.2) is 53.3 Å². The van der Waals surface area contributed by atoms with Gasteiger partial charge in [0.2, 0.25) is 0 Å². The van der Waals surface area contributed by atoms with Crippen LogP contribution in [0.4, 0.5) is 0 Å². The molecule has 5 nitrogen and oxygen atoms in total. The number of hydrogen-bond donors (Lipinski definition) is 1. The van der Waals surface area contributed by atoms with Gasteiger partial charge in [-0.3, -0.25) is 4.79 Å². The number of benzene rings is 2. The number of H-pyrrole nitrogens is 1. The van der Waals surface area contributed by atoms with Crippen molar-refractivity contribution in [3.8, 4) is 16.9 Å². The Kier molecular flexibility index (Phi) is 4.57. The van der Waals surface area contributed by atoms with Gasteiger partial charge in [-0.15, -0.1) is 0 Å². The summed E-state index contributed by atoms with van der Waals surface area (Å²) >= 11 is 0. The maximum Gasteiger partial charge on any atom is 0.339 e. The number of aromatic amines is 1. The molecule has 0 bridgehead atoms. The van der Waals surface area contributed by atoms with Gasteiger partial charge < -0.3 is 14.5 Å². The zero-order valence-electron chi connectivity index (χ0n) is 14.3. The first-order valence-corrected chi connectivity index (χ1v) is 8.01. The molecule has 3 aromatic rings. The highest BCUT2D eigenvalue weighted by atomic mass is 16.5. The normalized spacial score (nSPS) is 10.9. The first-order valence-electron chi connectivity index (χ1n) is 8.01. The Hall–Kier alpha value is -3.08. The van der Waals surface area contributed by atoms with Crippen molar-refractivity contribution in [2.45, 2.75) is 20.0 Å². The summed E-state index contributed by atoms with van der Waals surface area (Å²) in [4.78, 5) is 28.3. The fourth-order valence-electron chi connectivity index (χ4n) is 2.76. The Labute approximate surface area is 145 Å². The first-order chi connectivity index (χ1) is 12.0. The van der Waals surface area contributed by atoms with Crippen LogP contribution in [-0.4, -0.2) is 24.2 Å². The summed E-state index contributed by atoms with van der Waals surface area (Å²) in [6, 6.07) is 14.3. The number of carbonyl (C=O) groups excluding carboxylic acids is 1. The molecule has 0 atom stereocenters. The molecule has 0 saturated carbocycles. The van der Waals surface area contributed by atoms with Crippen molar-refractivity contribution >= 4 is 16.9 Å². The van der Waals surface area contributed by atoms with Crippen LogP contribution in [0.3, 0.4) is 0 Å². The van der Waals surface area contributed by atoms with Crippen molar-refractivity contribution in [1.29, 1.82) is 0 Å². The molecular formula is C20H19NO4. The van der Waals surface area contributed by atoms with Crippen molar-refractivity contribution in [2.24, 2.45) is 0 Å². The molecule has 5 heteroatoms. The lowest BCUT2D eigenvalue weighted by atomic mass is 9.97. The summed E-state index contributed by atoms with van der Waals surface area (Å²) < 4.78 is 10.7. The van der Waals surface area contributed by atoms with E-state index in [1.165, 1.54) is 0 Å². The molecule has 3 rings (SSSR count). The average Bonchev–Trinajstić information content (AvgIpc) is 2.60. The van der Waals surface area contributed by atoms with Gasteiger partial charge in [-0.1, -0.05) is 30.3 Å².